The molecular weight excluding hydrogens is 292 g/mol. The van der Waals surface area contributed by atoms with Gasteiger partial charge in [-0.1, -0.05) is 11.2 Å². The molecule has 1 aromatic heterocycles. The number of rotatable bonds is 3. The highest BCUT2D eigenvalue weighted by molar-refractivity contribution is 5.95. The van der Waals surface area contributed by atoms with Crippen molar-refractivity contribution < 1.29 is 9.32 Å². The standard InChI is InChI=1S/C17H16N4O2/c18-10-11-3-1-4-13(9-11)17(22)21-8-2-5-14(21)15-19-16(23-20-15)12-6-7-12/h1,3-4,9,12,14H,2,5-8H2. The summed E-state index contributed by atoms with van der Waals surface area (Å²) in [4.78, 5) is 19.1. The Morgan fingerprint density at radius 3 is 3.00 bits per heavy atom. The van der Waals surface area contributed by atoms with Crippen LogP contribution in [0.2, 0.25) is 0 Å². The molecule has 6 nitrogen and oxygen atoms in total. The first-order chi connectivity index (χ1) is 11.3. The zero-order valence-electron chi connectivity index (χ0n) is 12.6. The van der Waals surface area contributed by atoms with Gasteiger partial charge in [0.15, 0.2) is 5.82 Å². The van der Waals surface area contributed by atoms with Crippen LogP contribution in [-0.2, 0) is 0 Å². The lowest BCUT2D eigenvalue weighted by atomic mass is 10.1. The van der Waals surface area contributed by atoms with Gasteiger partial charge in [-0.15, -0.1) is 0 Å². The van der Waals surface area contributed by atoms with E-state index in [0.717, 1.165) is 25.7 Å². The van der Waals surface area contributed by atoms with Gasteiger partial charge < -0.3 is 9.42 Å². The molecule has 6 heteroatoms. The molecule has 2 aromatic rings. The van der Waals surface area contributed by atoms with E-state index >= 15 is 0 Å². The molecule has 1 aliphatic carbocycles. The number of carbonyl (C=O) groups is 1. The van der Waals surface area contributed by atoms with Crippen molar-refractivity contribution in [2.24, 2.45) is 0 Å². The maximum atomic E-state index is 12.8. The summed E-state index contributed by atoms with van der Waals surface area (Å²) in [6.07, 6.45) is 3.97. The van der Waals surface area contributed by atoms with E-state index in [1.54, 1.807) is 29.2 Å². The molecule has 0 spiro atoms. The molecule has 0 N–H and O–H groups in total. The Kier molecular flexibility index (Phi) is 3.34. The number of nitrogens with zero attached hydrogens (tertiary/aromatic N) is 4. The van der Waals surface area contributed by atoms with Crippen molar-refractivity contribution >= 4 is 5.91 Å². The van der Waals surface area contributed by atoms with Gasteiger partial charge in [-0.3, -0.25) is 4.79 Å². The van der Waals surface area contributed by atoms with E-state index in [1.165, 1.54) is 0 Å². The van der Waals surface area contributed by atoms with Gasteiger partial charge in [0.05, 0.1) is 17.7 Å². The van der Waals surface area contributed by atoms with Crippen molar-refractivity contribution in [1.29, 1.82) is 5.26 Å². The van der Waals surface area contributed by atoms with Crippen LogP contribution in [0.3, 0.4) is 0 Å². The minimum Gasteiger partial charge on any atom is -0.339 e. The third-order valence-electron chi connectivity index (χ3n) is 4.43. The van der Waals surface area contributed by atoms with Crippen molar-refractivity contribution in [2.75, 3.05) is 6.54 Å². The number of likely N-dealkylation sites (tertiary alicyclic amines) is 1. The maximum Gasteiger partial charge on any atom is 0.254 e. The number of nitriles is 1. The molecule has 2 aliphatic rings. The van der Waals surface area contributed by atoms with Crippen molar-refractivity contribution in [3.8, 4) is 6.07 Å². The zero-order valence-corrected chi connectivity index (χ0v) is 12.6. The fraction of sp³-hybridized carbons (Fsp3) is 0.412. The van der Waals surface area contributed by atoms with Gasteiger partial charge >= 0.3 is 0 Å². The summed E-state index contributed by atoms with van der Waals surface area (Å²) in [6.45, 7) is 0.674. The van der Waals surface area contributed by atoms with Crippen LogP contribution < -0.4 is 0 Å². The summed E-state index contributed by atoms with van der Waals surface area (Å²) in [5.41, 5.74) is 1.02. The SMILES string of the molecule is N#Cc1cccc(C(=O)N2CCCC2c2noc(C3CC3)n2)c1. The highest BCUT2D eigenvalue weighted by Gasteiger charge is 2.36. The van der Waals surface area contributed by atoms with Crippen LogP contribution in [0, 0.1) is 11.3 Å². The first-order valence-corrected chi connectivity index (χ1v) is 7.91. The summed E-state index contributed by atoms with van der Waals surface area (Å²) in [5, 5.41) is 13.1. The number of amides is 1. The number of benzene rings is 1. The van der Waals surface area contributed by atoms with Crippen LogP contribution in [0.25, 0.3) is 0 Å². The van der Waals surface area contributed by atoms with Gasteiger partial charge in [-0.25, -0.2) is 0 Å². The third-order valence-corrected chi connectivity index (χ3v) is 4.43. The average Bonchev–Trinajstić information content (AvgIpc) is 3.13. The van der Waals surface area contributed by atoms with Gasteiger partial charge in [0.2, 0.25) is 5.89 Å². The van der Waals surface area contributed by atoms with Crippen LogP contribution in [0.4, 0.5) is 0 Å². The topological polar surface area (TPSA) is 83.0 Å². The Labute approximate surface area is 133 Å². The first kappa shape index (κ1) is 13.9. The molecule has 1 amide bonds. The summed E-state index contributed by atoms with van der Waals surface area (Å²) >= 11 is 0. The molecule has 1 unspecified atom stereocenters. The quantitative estimate of drug-likeness (QED) is 0.870. The predicted octanol–water partition coefficient (Wildman–Crippen LogP) is 2.80. The van der Waals surface area contributed by atoms with E-state index < -0.39 is 0 Å². The van der Waals surface area contributed by atoms with Gasteiger partial charge in [0, 0.05) is 18.0 Å². The second-order valence-corrected chi connectivity index (χ2v) is 6.11. The molecule has 0 radical (unpaired) electrons. The molecule has 2 fully saturated rings. The fourth-order valence-corrected chi connectivity index (χ4v) is 3.04. The zero-order chi connectivity index (χ0) is 15.8. The van der Waals surface area contributed by atoms with Gasteiger partial charge in [0.25, 0.3) is 5.91 Å². The minimum atomic E-state index is -0.135. The third kappa shape index (κ3) is 2.59. The van der Waals surface area contributed by atoms with Crippen LogP contribution in [-0.4, -0.2) is 27.5 Å². The summed E-state index contributed by atoms with van der Waals surface area (Å²) < 4.78 is 5.33. The molecule has 1 saturated carbocycles. The summed E-state index contributed by atoms with van der Waals surface area (Å²) in [7, 11) is 0. The van der Waals surface area contributed by atoms with Gasteiger partial charge in [-0.2, -0.15) is 10.2 Å². The lowest BCUT2D eigenvalue weighted by Crippen LogP contribution is -2.31. The van der Waals surface area contributed by atoms with Crippen molar-refractivity contribution in [2.45, 2.75) is 37.6 Å². The normalized spacial score (nSPS) is 20.5. The molecule has 4 rings (SSSR count). The van der Waals surface area contributed by atoms with Crippen molar-refractivity contribution in [1.82, 2.24) is 15.0 Å². The average molecular weight is 308 g/mol. The van der Waals surface area contributed by atoms with Crippen LogP contribution >= 0.6 is 0 Å². The Hall–Kier alpha value is -2.68. The second kappa shape index (κ2) is 5.51. The molecule has 116 valence electrons. The van der Waals surface area contributed by atoms with E-state index in [2.05, 4.69) is 16.2 Å². The van der Waals surface area contributed by atoms with Crippen LogP contribution in [0.5, 0.6) is 0 Å². The smallest absolute Gasteiger partial charge is 0.254 e. The Balaban J connectivity index is 1.58. The molecule has 1 saturated heterocycles. The first-order valence-electron chi connectivity index (χ1n) is 7.91. The minimum absolute atomic E-state index is 0.0811. The maximum absolute atomic E-state index is 12.8. The van der Waals surface area contributed by atoms with E-state index in [0.29, 0.717) is 35.3 Å². The second-order valence-electron chi connectivity index (χ2n) is 6.11. The fourth-order valence-electron chi connectivity index (χ4n) is 3.04. The Morgan fingerprint density at radius 1 is 1.35 bits per heavy atom. The van der Waals surface area contributed by atoms with E-state index in [1.807, 2.05) is 0 Å². The molecule has 23 heavy (non-hydrogen) atoms. The van der Waals surface area contributed by atoms with Crippen molar-refractivity contribution in [3.05, 3.63) is 47.1 Å². The number of hydrogen-bond acceptors (Lipinski definition) is 5. The number of carbonyl (C=O) groups excluding carboxylic acids is 1. The lowest BCUT2D eigenvalue weighted by Gasteiger charge is -2.22. The summed E-state index contributed by atoms with van der Waals surface area (Å²) in [5.74, 6) is 1.64. The molecule has 1 atom stereocenters. The molecular formula is C17H16N4O2. The molecule has 0 bridgehead atoms. The number of hydrogen-bond donors (Lipinski definition) is 0. The van der Waals surface area contributed by atoms with Crippen molar-refractivity contribution in [3.63, 3.8) is 0 Å². The molecule has 2 heterocycles. The van der Waals surface area contributed by atoms with E-state index in [4.69, 9.17) is 9.78 Å². The molecule has 1 aliphatic heterocycles. The highest BCUT2D eigenvalue weighted by atomic mass is 16.5. The lowest BCUT2D eigenvalue weighted by molar-refractivity contribution is 0.0728. The monoisotopic (exact) mass is 308 g/mol. The van der Waals surface area contributed by atoms with Gasteiger partial charge in [-0.05, 0) is 43.9 Å². The molecule has 1 aromatic carbocycles. The van der Waals surface area contributed by atoms with Gasteiger partial charge in [0.1, 0.15) is 0 Å². The van der Waals surface area contributed by atoms with Crippen LogP contribution in [0.1, 0.15) is 65.3 Å². The number of aromatic nitrogens is 2. The summed E-state index contributed by atoms with van der Waals surface area (Å²) in [6, 6.07) is 8.73. The highest BCUT2D eigenvalue weighted by Crippen LogP contribution is 2.40. The Morgan fingerprint density at radius 2 is 2.22 bits per heavy atom. The van der Waals surface area contributed by atoms with Crippen LogP contribution in [0.15, 0.2) is 28.8 Å². The largest absolute Gasteiger partial charge is 0.339 e. The predicted molar refractivity (Wildman–Crippen MR) is 80.4 cm³/mol. The Bertz CT molecular complexity index is 788. The van der Waals surface area contributed by atoms with E-state index in [-0.39, 0.29) is 11.9 Å². The van der Waals surface area contributed by atoms with E-state index in [9.17, 15) is 4.79 Å².